The molecule has 4 nitrogen and oxygen atoms in total. The second-order valence-electron chi connectivity index (χ2n) is 1.91. The maximum atomic E-state index is 10.7. The molecule has 0 bridgehead atoms. The molecular weight excluding hydrogens is 222 g/mol. The van der Waals surface area contributed by atoms with E-state index in [0.29, 0.717) is 6.54 Å². The Kier molecular flexibility index (Phi) is 2.00. The summed E-state index contributed by atoms with van der Waals surface area (Å²) in [5.41, 5.74) is 0. The lowest BCUT2D eigenvalue weighted by atomic mass is 10.8. The first-order valence-electron chi connectivity index (χ1n) is 2.55. The van der Waals surface area contributed by atoms with E-state index in [9.17, 15) is 8.42 Å². The number of hydrogen-bond donors (Lipinski definition) is 0. The van der Waals surface area contributed by atoms with E-state index in [-0.39, 0.29) is 10.2 Å². The second kappa shape index (κ2) is 2.50. The molecule has 0 unspecified atom stereocenters. The van der Waals surface area contributed by atoms with Crippen molar-refractivity contribution in [3.63, 3.8) is 0 Å². The van der Waals surface area contributed by atoms with Crippen LogP contribution in [0.5, 0.6) is 0 Å². The first-order valence-corrected chi connectivity index (χ1v) is 5.36. The Morgan fingerprint density at radius 2 is 2.40 bits per heavy atom. The van der Waals surface area contributed by atoms with Crippen molar-refractivity contribution < 1.29 is 13.2 Å². The van der Waals surface area contributed by atoms with Crippen molar-refractivity contribution in [1.82, 2.24) is 0 Å². The van der Waals surface area contributed by atoms with Crippen LogP contribution < -0.4 is 0 Å². The second-order valence-corrected chi connectivity index (χ2v) is 4.82. The summed E-state index contributed by atoms with van der Waals surface area (Å²) < 4.78 is 26.2. The zero-order chi connectivity index (χ0) is 7.78. The molecule has 0 aromatic carbocycles. The van der Waals surface area contributed by atoms with Crippen LogP contribution >= 0.6 is 15.9 Å². The molecule has 0 aromatic heterocycles. The number of halogens is 1. The number of ether oxygens (including phenoxy) is 1. The van der Waals surface area contributed by atoms with Gasteiger partial charge < -0.3 is 4.74 Å². The molecule has 1 heterocycles. The predicted octanol–water partition coefficient (Wildman–Crippen LogP) is 0.138. The van der Waals surface area contributed by atoms with Crippen LogP contribution in [-0.2, 0) is 14.6 Å². The smallest absolute Gasteiger partial charge is 0.306 e. The Hall–Kier alpha value is -0.100. The zero-order valence-corrected chi connectivity index (χ0v) is 7.65. The Morgan fingerprint density at radius 3 is 2.60 bits per heavy atom. The van der Waals surface area contributed by atoms with Gasteiger partial charge in [-0.05, 0) is 15.9 Å². The van der Waals surface area contributed by atoms with Crippen LogP contribution in [0.25, 0.3) is 0 Å². The van der Waals surface area contributed by atoms with Crippen LogP contribution in [0, 0.1) is 0 Å². The molecule has 10 heavy (non-hydrogen) atoms. The summed E-state index contributed by atoms with van der Waals surface area (Å²) in [5, 5.41) is -0.452. The average Bonchev–Trinajstić information content (AvgIpc) is 2.11. The van der Waals surface area contributed by atoms with Gasteiger partial charge in [0.25, 0.3) is 0 Å². The van der Waals surface area contributed by atoms with Crippen LogP contribution in [0.15, 0.2) is 4.99 Å². The summed E-state index contributed by atoms with van der Waals surface area (Å²) in [5.74, 6) is 0. The van der Waals surface area contributed by atoms with Gasteiger partial charge in [-0.2, -0.15) is 0 Å². The van der Waals surface area contributed by atoms with Crippen molar-refractivity contribution >= 4 is 31.0 Å². The van der Waals surface area contributed by atoms with E-state index in [2.05, 4.69) is 20.9 Å². The van der Waals surface area contributed by atoms with E-state index in [0.717, 1.165) is 6.26 Å². The zero-order valence-electron chi connectivity index (χ0n) is 5.24. The van der Waals surface area contributed by atoms with Crippen molar-refractivity contribution in [3.05, 3.63) is 0 Å². The molecule has 1 rings (SSSR count). The minimum atomic E-state index is -3.24. The van der Waals surface area contributed by atoms with E-state index in [4.69, 9.17) is 4.74 Å². The molecule has 1 atom stereocenters. The molecule has 6 heteroatoms. The molecule has 0 N–H and O–H groups in total. The number of rotatable bonds is 0. The number of alkyl halides is 1. The lowest BCUT2D eigenvalue weighted by molar-refractivity contribution is 0.326. The molecule has 0 spiro atoms. The Labute approximate surface area is 67.3 Å². The number of hydrogen-bond acceptors (Lipinski definition) is 4. The maximum absolute atomic E-state index is 10.7. The Bertz CT molecular complexity index is 258. The highest BCUT2D eigenvalue weighted by Gasteiger charge is 2.24. The normalized spacial score (nSPS) is 25.8. The Morgan fingerprint density at radius 1 is 1.80 bits per heavy atom. The molecule has 1 aliphatic rings. The van der Waals surface area contributed by atoms with Crippen LogP contribution in [0.4, 0.5) is 0 Å². The third kappa shape index (κ3) is 1.69. The first-order chi connectivity index (χ1) is 4.50. The standard InChI is InChI=1S/C4H6BrNO3S/c1-10(7,8)4-6-2-3(5)9-4/h3H,2H2,1H3/t3-/m1/s1. The van der Waals surface area contributed by atoms with Crippen molar-refractivity contribution in [3.8, 4) is 0 Å². The third-order valence-corrected chi connectivity index (χ3v) is 2.25. The topological polar surface area (TPSA) is 55.7 Å². The summed E-state index contributed by atoms with van der Waals surface area (Å²) in [6.07, 6.45) is 1.07. The molecule has 0 fully saturated rings. The molecule has 0 amide bonds. The lowest BCUT2D eigenvalue weighted by Crippen LogP contribution is -2.14. The Balaban J connectivity index is 2.80. The minimum Gasteiger partial charge on any atom is -0.453 e. The summed E-state index contributed by atoms with van der Waals surface area (Å²) in [6.45, 7) is 0.363. The summed E-state index contributed by atoms with van der Waals surface area (Å²) in [6, 6.07) is 0. The monoisotopic (exact) mass is 227 g/mol. The molecule has 0 saturated carbocycles. The van der Waals surface area contributed by atoms with Gasteiger partial charge in [0.1, 0.15) is 0 Å². The molecule has 1 aliphatic heterocycles. The fourth-order valence-corrected chi connectivity index (χ4v) is 1.58. The van der Waals surface area contributed by atoms with Gasteiger partial charge in [-0.25, -0.2) is 13.4 Å². The van der Waals surface area contributed by atoms with Gasteiger partial charge in [-0.1, -0.05) is 0 Å². The quantitative estimate of drug-likeness (QED) is 0.554. The van der Waals surface area contributed by atoms with Gasteiger partial charge in [-0.15, -0.1) is 0 Å². The van der Waals surface area contributed by atoms with Gasteiger partial charge in [0.05, 0.1) is 6.54 Å². The van der Waals surface area contributed by atoms with Gasteiger partial charge in [0.15, 0.2) is 5.01 Å². The molecule has 0 radical (unpaired) electrons. The highest BCUT2D eigenvalue weighted by Crippen LogP contribution is 2.12. The van der Waals surface area contributed by atoms with Crippen LogP contribution in [0.1, 0.15) is 0 Å². The van der Waals surface area contributed by atoms with E-state index < -0.39 is 9.84 Å². The molecule has 0 aromatic rings. The number of sulfone groups is 1. The van der Waals surface area contributed by atoms with Gasteiger partial charge in [0.2, 0.25) is 9.84 Å². The summed E-state index contributed by atoms with van der Waals surface area (Å²) >= 11 is 3.07. The minimum absolute atomic E-state index is 0.172. The molecular formula is C4H6BrNO3S. The van der Waals surface area contributed by atoms with E-state index >= 15 is 0 Å². The van der Waals surface area contributed by atoms with Crippen molar-refractivity contribution in [1.29, 1.82) is 0 Å². The molecule has 0 saturated heterocycles. The van der Waals surface area contributed by atoms with Gasteiger partial charge in [0, 0.05) is 6.26 Å². The van der Waals surface area contributed by atoms with Gasteiger partial charge in [-0.3, -0.25) is 0 Å². The van der Waals surface area contributed by atoms with Gasteiger partial charge >= 0.3 is 5.23 Å². The van der Waals surface area contributed by atoms with Crippen LogP contribution in [0.2, 0.25) is 0 Å². The highest BCUT2D eigenvalue weighted by molar-refractivity contribution is 9.09. The van der Waals surface area contributed by atoms with Crippen LogP contribution in [0.3, 0.4) is 0 Å². The number of aliphatic imine (C=N–C) groups is 1. The van der Waals surface area contributed by atoms with E-state index in [1.165, 1.54) is 0 Å². The fourth-order valence-electron chi connectivity index (χ4n) is 0.535. The lowest BCUT2D eigenvalue weighted by Gasteiger charge is -2.00. The van der Waals surface area contributed by atoms with Crippen molar-refractivity contribution in [2.24, 2.45) is 4.99 Å². The SMILES string of the molecule is CS(=O)(=O)C1=NC[C@H](Br)O1. The average molecular weight is 228 g/mol. The summed E-state index contributed by atoms with van der Waals surface area (Å²) in [7, 11) is -3.24. The van der Waals surface area contributed by atoms with Crippen molar-refractivity contribution in [2.45, 2.75) is 5.01 Å². The number of nitrogens with zero attached hydrogens (tertiary/aromatic N) is 1. The third-order valence-electron chi connectivity index (χ3n) is 0.910. The van der Waals surface area contributed by atoms with E-state index in [1.54, 1.807) is 0 Å². The van der Waals surface area contributed by atoms with Crippen LogP contribution in [-0.4, -0.2) is 31.5 Å². The van der Waals surface area contributed by atoms with Crippen molar-refractivity contribution in [2.75, 3.05) is 12.8 Å². The predicted molar refractivity (Wildman–Crippen MR) is 40.9 cm³/mol. The maximum Gasteiger partial charge on any atom is 0.306 e. The summed E-state index contributed by atoms with van der Waals surface area (Å²) in [4.78, 5) is 3.65. The molecule has 0 aliphatic carbocycles. The van der Waals surface area contributed by atoms with E-state index in [1.807, 2.05) is 0 Å². The first kappa shape index (κ1) is 8.00. The largest absolute Gasteiger partial charge is 0.453 e. The molecule has 58 valence electrons. The fraction of sp³-hybridized carbons (Fsp3) is 0.750. The highest BCUT2D eigenvalue weighted by atomic mass is 79.9.